The van der Waals surface area contributed by atoms with Gasteiger partial charge in [-0.25, -0.2) is 0 Å². The number of anilines is 1. The number of carbonyl (C=O) groups excluding carboxylic acids is 1. The second kappa shape index (κ2) is 8.28. The lowest BCUT2D eigenvalue weighted by atomic mass is 10.1. The fourth-order valence-electron chi connectivity index (χ4n) is 3.64. The van der Waals surface area contributed by atoms with Gasteiger partial charge in [0.25, 0.3) is 11.5 Å². The van der Waals surface area contributed by atoms with Gasteiger partial charge in [0.15, 0.2) is 0 Å². The van der Waals surface area contributed by atoms with Crippen LogP contribution < -0.4 is 10.5 Å². The van der Waals surface area contributed by atoms with E-state index in [-0.39, 0.29) is 18.0 Å². The van der Waals surface area contributed by atoms with Crippen molar-refractivity contribution in [2.45, 2.75) is 20.4 Å². The van der Waals surface area contributed by atoms with E-state index in [1.807, 2.05) is 80.6 Å². The second-order valence-corrected chi connectivity index (χ2v) is 8.23. The summed E-state index contributed by atoms with van der Waals surface area (Å²) in [4.78, 5) is 30.9. The van der Waals surface area contributed by atoms with Crippen LogP contribution in [-0.4, -0.2) is 10.9 Å². The zero-order valence-corrected chi connectivity index (χ0v) is 18.4. The molecule has 4 nitrogen and oxygen atoms in total. The van der Waals surface area contributed by atoms with Crippen LogP contribution in [0.15, 0.2) is 82.1 Å². The van der Waals surface area contributed by atoms with E-state index >= 15 is 0 Å². The summed E-state index contributed by atoms with van der Waals surface area (Å²) in [6.07, 6.45) is 0. The second-order valence-electron chi connectivity index (χ2n) is 7.37. The Morgan fingerprint density at radius 2 is 1.70 bits per heavy atom. The molecule has 0 fully saturated rings. The minimum atomic E-state index is -0.191. The molecule has 4 aromatic rings. The number of nitrogens with zero attached hydrogens (tertiary/aromatic N) is 1. The fourth-order valence-corrected chi connectivity index (χ4v) is 4.09. The maximum absolute atomic E-state index is 13.6. The lowest BCUT2D eigenvalue weighted by Gasteiger charge is -2.25. The summed E-state index contributed by atoms with van der Waals surface area (Å²) < 4.78 is 0.720. The fraction of sp³-hybridized carbons (Fsp3) is 0.120. The van der Waals surface area contributed by atoms with Gasteiger partial charge in [0.05, 0.1) is 12.1 Å². The van der Waals surface area contributed by atoms with Crippen LogP contribution in [0.3, 0.4) is 0 Å². The predicted octanol–water partition coefficient (Wildman–Crippen LogP) is 5.75. The minimum absolute atomic E-state index is 0.165. The van der Waals surface area contributed by atoms with Gasteiger partial charge >= 0.3 is 0 Å². The summed E-state index contributed by atoms with van der Waals surface area (Å²) in [6.45, 7) is 4.17. The van der Waals surface area contributed by atoms with Crippen molar-refractivity contribution >= 4 is 38.4 Å². The average Bonchev–Trinajstić information content (AvgIpc) is 2.72. The van der Waals surface area contributed by atoms with E-state index < -0.39 is 0 Å². The van der Waals surface area contributed by atoms with E-state index in [9.17, 15) is 9.59 Å². The molecule has 1 heterocycles. The molecular formula is C25H21BrN2O2. The van der Waals surface area contributed by atoms with Gasteiger partial charge in [-0.2, -0.15) is 0 Å². The molecule has 0 bridgehead atoms. The first-order valence-electron chi connectivity index (χ1n) is 9.68. The molecule has 1 aromatic heterocycles. The lowest BCUT2D eigenvalue weighted by Crippen LogP contribution is -2.33. The van der Waals surface area contributed by atoms with E-state index in [1.165, 1.54) is 0 Å². The van der Waals surface area contributed by atoms with Crippen molar-refractivity contribution < 1.29 is 4.79 Å². The highest BCUT2D eigenvalue weighted by Crippen LogP contribution is 2.27. The molecule has 3 aromatic carbocycles. The summed E-state index contributed by atoms with van der Waals surface area (Å²) in [5, 5.41) is 0.931. The maximum Gasteiger partial charge on any atom is 0.259 e. The lowest BCUT2D eigenvalue weighted by molar-refractivity contribution is 0.0984. The molecule has 0 aliphatic carbocycles. The molecule has 0 saturated carbocycles. The number of pyridine rings is 1. The Bertz CT molecular complexity index is 1310. The van der Waals surface area contributed by atoms with Crippen LogP contribution in [-0.2, 0) is 6.54 Å². The Balaban J connectivity index is 1.83. The van der Waals surface area contributed by atoms with Crippen LogP contribution in [0.4, 0.5) is 5.69 Å². The molecule has 4 rings (SSSR count). The number of aryl methyl sites for hydroxylation is 2. The molecule has 0 unspecified atom stereocenters. The maximum atomic E-state index is 13.6. The van der Waals surface area contributed by atoms with Crippen molar-refractivity contribution in [1.82, 2.24) is 4.98 Å². The molecule has 0 spiro atoms. The van der Waals surface area contributed by atoms with Crippen molar-refractivity contribution in [1.29, 1.82) is 0 Å². The molecule has 1 N–H and O–H groups in total. The van der Waals surface area contributed by atoms with Crippen LogP contribution in [0, 0.1) is 13.8 Å². The van der Waals surface area contributed by atoms with Gasteiger partial charge in [-0.1, -0.05) is 48.0 Å². The largest absolute Gasteiger partial charge is 0.322 e. The first-order chi connectivity index (χ1) is 14.4. The molecule has 150 valence electrons. The molecule has 30 heavy (non-hydrogen) atoms. The highest BCUT2D eigenvalue weighted by Gasteiger charge is 2.22. The summed E-state index contributed by atoms with van der Waals surface area (Å²) in [7, 11) is 0. The van der Waals surface area contributed by atoms with Crippen LogP contribution in [0.2, 0.25) is 0 Å². The van der Waals surface area contributed by atoms with Crippen LogP contribution in [0.5, 0.6) is 0 Å². The van der Waals surface area contributed by atoms with Crippen LogP contribution in [0.1, 0.15) is 27.0 Å². The minimum Gasteiger partial charge on any atom is -0.322 e. The van der Waals surface area contributed by atoms with Crippen molar-refractivity contribution in [3.63, 3.8) is 0 Å². The monoisotopic (exact) mass is 460 g/mol. The van der Waals surface area contributed by atoms with Crippen molar-refractivity contribution in [3.8, 4) is 0 Å². The molecule has 5 heteroatoms. The smallest absolute Gasteiger partial charge is 0.259 e. The first kappa shape index (κ1) is 20.1. The molecular weight excluding hydrogens is 440 g/mol. The van der Waals surface area contributed by atoms with E-state index in [1.54, 1.807) is 11.0 Å². The number of para-hydroxylation sites is 1. The Morgan fingerprint density at radius 3 is 2.47 bits per heavy atom. The van der Waals surface area contributed by atoms with Crippen molar-refractivity contribution in [2.24, 2.45) is 0 Å². The number of rotatable bonds is 4. The number of hydrogen-bond acceptors (Lipinski definition) is 2. The highest BCUT2D eigenvalue weighted by atomic mass is 79.9. The third kappa shape index (κ3) is 3.94. The standard InChI is InChI=1S/C25H21BrN2O2/c1-16-11-12-23(17(2)13-16)28(25(30)20-8-4-5-9-21(20)26)15-19-14-18-7-3-6-10-22(18)27-24(19)29/h3-14H,15H2,1-2H3,(H,27,29). The van der Waals surface area contributed by atoms with E-state index in [0.717, 1.165) is 32.2 Å². The normalized spacial score (nSPS) is 10.9. The van der Waals surface area contributed by atoms with Gasteiger partial charge in [-0.3, -0.25) is 9.59 Å². The summed E-state index contributed by atoms with van der Waals surface area (Å²) >= 11 is 3.48. The molecule has 0 radical (unpaired) electrons. The van der Waals surface area contributed by atoms with E-state index in [2.05, 4.69) is 20.9 Å². The molecule has 0 aliphatic rings. The number of benzene rings is 3. The quantitative estimate of drug-likeness (QED) is 0.421. The number of fused-ring (bicyclic) bond motifs is 1. The number of aromatic nitrogens is 1. The zero-order chi connectivity index (χ0) is 21.3. The van der Waals surface area contributed by atoms with Gasteiger partial charge in [0.1, 0.15) is 0 Å². The Morgan fingerprint density at radius 1 is 0.967 bits per heavy atom. The number of amides is 1. The molecule has 1 amide bonds. The number of halogens is 1. The third-order valence-corrected chi connectivity index (χ3v) is 5.84. The topological polar surface area (TPSA) is 53.2 Å². The Labute approximate surface area is 183 Å². The first-order valence-corrected chi connectivity index (χ1v) is 10.5. The van der Waals surface area contributed by atoms with Gasteiger partial charge < -0.3 is 9.88 Å². The molecule has 0 saturated heterocycles. The highest BCUT2D eigenvalue weighted by molar-refractivity contribution is 9.10. The zero-order valence-electron chi connectivity index (χ0n) is 16.8. The van der Waals surface area contributed by atoms with Crippen molar-refractivity contribution in [3.05, 3.63) is 110 Å². The summed E-state index contributed by atoms with van der Waals surface area (Å²) in [6, 6.07) is 22.8. The number of H-pyrrole nitrogens is 1. The summed E-state index contributed by atoms with van der Waals surface area (Å²) in [5.74, 6) is -0.165. The van der Waals surface area contributed by atoms with Gasteiger partial charge in [-0.05, 0) is 71.1 Å². The van der Waals surface area contributed by atoms with E-state index in [4.69, 9.17) is 0 Å². The SMILES string of the molecule is Cc1ccc(N(Cc2cc3ccccc3[nH]c2=O)C(=O)c2ccccc2Br)c(C)c1. The number of hydrogen-bond donors (Lipinski definition) is 1. The predicted molar refractivity (Wildman–Crippen MR) is 125 cm³/mol. The van der Waals surface area contributed by atoms with Gasteiger partial charge in [-0.15, -0.1) is 0 Å². The van der Waals surface area contributed by atoms with Crippen LogP contribution in [0.25, 0.3) is 10.9 Å². The van der Waals surface area contributed by atoms with E-state index in [0.29, 0.717) is 11.1 Å². The Kier molecular flexibility index (Phi) is 5.55. The Hall–Kier alpha value is -3.18. The number of carbonyl (C=O) groups is 1. The van der Waals surface area contributed by atoms with Gasteiger partial charge in [0.2, 0.25) is 0 Å². The van der Waals surface area contributed by atoms with Crippen LogP contribution >= 0.6 is 15.9 Å². The molecule has 0 atom stereocenters. The number of nitrogens with one attached hydrogen (secondary N) is 1. The summed E-state index contributed by atoms with van der Waals surface area (Å²) in [5.41, 5.74) is 4.56. The average molecular weight is 461 g/mol. The van der Waals surface area contributed by atoms with Crippen molar-refractivity contribution in [2.75, 3.05) is 4.90 Å². The molecule has 0 aliphatic heterocycles. The van der Waals surface area contributed by atoms with Gasteiger partial charge in [0, 0.05) is 21.2 Å². The number of aromatic amines is 1. The third-order valence-electron chi connectivity index (χ3n) is 5.15.